The Morgan fingerprint density at radius 1 is 1.16 bits per heavy atom. The number of nitrogens with one attached hydrogen (secondary N) is 2. The van der Waals surface area contributed by atoms with Gasteiger partial charge < -0.3 is 30.1 Å². The van der Waals surface area contributed by atoms with Gasteiger partial charge in [-0.25, -0.2) is 9.59 Å². The van der Waals surface area contributed by atoms with E-state index in [1.165, 1.54) is 9.70 Å². The first-order valence-electron chi connectivity index (χ1n) is 17.1. The summed E-state index contributed by atoms with van der Waals surface area (Å²) >= 11 is 6.49. The molecule has 3 heterocycles. The number of nitrogens with zero attached hydrogens (tertiary/aromatic N) is 5. The number of benzene rings is 1. The van der Waals surface area contributed by atoms with Crippen LogP contribution >= 0.6 is 11.6 Å². The highest BCUT2D eigenvalue weighted by Crippen LogP contribution is 2.45. The van der Waals surface area contributed by atoms with Gasteiger partial charge in [-0.2, -0.15) is 4.80 Å². The van der Waals surface area contributed by atoms with E-state index in [9.17, 15) is 24.3 Å². The van der Waals surface area contributed by atoms with Crippen LogP contribution in [0.2, 0.25) is 5.02 Å². The highest BCUT2D eigenvalue weighted by atomic mass is 35.5. The van der Waals surface area contributed by atoms with Crippen LogP contribution in [0.3, 0.4) is 0 Å². The van der Waals surface area contributed by atoms with Gasteiger partial charge in [0, 0.05) is 24.4 Å². The number of hydrogen-bond donors (Lipinski definition) is 3. The topological polar surface area (TPSA) is 178 Å². The zero-order valence-corrected chi connectivity index (χ0v) is 28.8. The van der Waals surface area contributed by atoms with Crippen LogP contribution in [-0.2, 0) is 19.1 Å². The molecule has 264 valence electrons. The van der Waals surface area contributed by atoms with Gasteiger partial charge in [0.15, 0.2) is 0 Å². The minimum Gasteiger partial charge on any atom is -0.492 e. The van der Waals surface area contributed by atoms with Gasteiger partial charge in [0.1, 0.15) is 29.0 Å². The summed E-state index contributed by atoms with van der Waals surface area (Å²) in [5.41, 5.74) is -1.60. The first kappa shape index (κ1) is 34.7. The van der Waals surface area contributed by atoms with Crippen molar-refractivity contribution in [1.82, 2.24) is 35.7 Å². The Labute approximate surface area is 289 Å². The maximum atomic E-state index is 14.2. The van der Waals surface area contributed by atoms with Crippen LogP contribution in [0.4, 0.5) is 4.79 Å². The molecule has 3 N–H and O–H groups in total. The normalized spacial score (nSPS) is 28.3. The molecule has 2 aliphatic heterocycles. The lowest BCUT2D eigenvalue weighted by atomic mass is 10.0. The van der Waals surface area contributed by atoms with Gasteiger partial charge in [-0.15, -0.1) is 10.2 Å². The van der Waals surface area contributed by atoms with Crippen molar-refractivity contribution in [2.75, 3.05) is 13.2 Å². The fourth-order valence-electron chi connectivity index (χ4n) is 6.44. The molecule has 1 aromatic carbocycles. The van der Waals surface area contributed by atoms with Crippen molar-refractivity contribution in [2.45, 2.75) is 108 Å². The van der Waals surface area contributed by atoms with E-state index in [1.807, 2.05) is 12.2 Å². The molecular formula is C34H44ClN7O7. The first-order chi connectivity index (χ1) is 23.3. The second kappa shape index (κ2) is 14.0. The number of amides is 3. The fraction of sp³-hybridized carbons (Fsp3) is 0.618. The number of aliphatic carboxylic acids is 1. The van der Waals surface area contributed by atoms with Crippen LogP contribution in [0.15, 0.2) is 30.4 Å². The van der Waals surface area contributed by atoms with E-state index in [4.69, 9.17) is 21.1 Å². The number of tetrazole rings is 1. The summed E-state index contributed by atoms with van der Waals surface area (Å²) in [4.78, 5) is 56.2. The molecule has 2 aliphatic carbocycles. The van der Waals surface area contributed by atoms with E-state index in [2.05, 4.69) is 26.0 Å². The molecule has 0 radical (unpaired) electrons. The third-order valence-electron chi connectivity index (χ3n) is 9.44. The van der Waals surface area contributed by atoms with Gasteiger partial charge in [-0.3, -0.25) is 9.59 Å². The quantitative estimate of drug-likeness (QED) is 0.354. The molecule has 6 rings (SSSR count). The number of halogens is 1. The van der Waals surface area contributed by atoms with Crippen molar-refractivity contribution in [3.05, 3.63) is 35.4 Å². The molecular weight excluding hydrogens is 654 g/mol. The Kier molecular flexibility index (Phi) is 9.88. The van der Waals surface area contributed by atoms with Crippen molar-refractivity contribution >= 4 is 35.5 Å². The second-order valence-electron chi connectivity index (χ2n) is 14.6. The van der Waals surface area contributed by atoms with Gasteiger partial charge in [0.25, 0.3) is 0 Å². The first-order valence-corrected chi connectivity index (χ1v) is 17.4. The Morgan fingerprint density at radius 2 is 1.96 bits per heavy atom. The lowest BCUT2D eigenvalue weighted by molar-refractivity contribution is -0.145. The molecule has 2 saturated carbocycles. The Morgan fingerprint density at radius 3 is 2.67 bits per heavy atom. The summed E-state index contributed by atoms with van der Waals surface area (Å²) in [6, 6.07) is 2.71. The van der Waals surface area contributed by atoms with Gasteiger partial charge >= 0.3 is 12.1 Å². The molecule has 5 atom stereocenters. The summed E-state index contributed by atoms with van der Waals surface area (Å²) in [6.07, 6.45) is 9.13. The highest BCUT2D eigenvalue weighted by Gasteiger charge is 2.61. The summed E-state index contributed by atoms with van der Waals surface area (Å²) in [6.45, 7) is 5.86. The summed E-state index contributed by atoms with van der Waals surface area (Å²) in [5, 5.41) is 29.1. The lowest BCUT2D eigenvalue weighted by Crippen LogP contribution is -2.56. The summed E-state index contributed by atoms with van der Waals surface area (Å²) in [7, 11) is 0. The molecule has 4 aliphatic rings. The maximum Gasteiger partial charge on any atom is 0.408 e. The number of allylic oxidation sites excluding steroid dienone is 1. The Hall–Kier alpha value is -4.20. The molecule has 0 spiro atoms. The number of alkyl carbamates (subject to hydrolysis) is 1. The molecule has 0 bridgehead atoms. The number of carboxylic acid groups (broad SMARTS) is 1. The molecule has 15 heteroatoms. The number of aromatic nitrogens is 4. The zero-order chi connectivity index (χ0) is 34.9. The highest BCUT2D eigenvalue weighted by molar-refractivity contribution is 6.32. The number of carboxylic acids is 1. The minimum absolute atomic E-state index is 0.0390. The molecule has 49 heavy (non-hydrogen) atoms. The van der Waals surface area contributed by atoms with E-state index in [1.54, 1.807) is 39.0 Å². The maximum absolute atomic E-state index is 14.2. The molecule has 4 unspecified atom stereocenters. The predicted octanol–water partition coefficient (Wildman–Crippen LogP) is 4.30. The van der Waals surface area contributed by atoms with Crippen LogP contribution in [-0.4, -0.2) is 90.5 Å². The average Bonchev–Trinajstić information content (AvgIpc) is 3.87. The predicted molar refractivity (Wildman–Crippen MR) is 178 cm³/mol. The molecule has 3 fully saturated rings. The van der Waals surface area contributed by atoms with E-state index in [-0.39, 0.29) is 25.3 Å². The van der Waals surface area contributed by atoms with Crippen molar-refractivity contribution in [3.63, 3.8) is 0 Å². The number of rotatable bonds is 7. The smallest absolute Gasteiger partial charge is 0.408 e. The molecule has 1 aromatic heterocycles. The number of carbonyl (C=O) groups excluding carboxylic acids is 3. The Bertz CT molecular complexity index is 1620. The van der Waals surface area contributed by atoms with Crippen LogP contribution < -0.4 is 15.4 Å². The zero-order valence-electron chi connectivity index (χ0n) is 28.1. The number of hydrogen-bond acceptors (Lipinski definition) is 9. The van der Waals surface area contributed by atoms with Gasteiger partial charge in [-0.05, 0) is 88.6 Å². The van der Waals surface area contributed by atoms with Crippen molar-refractivity contribution in [2.24, 2.45) is 11.8 Å². The molecule has 3 amide bonds. The van der Waals surface area contributed by atoms with E-state index < -0.39 is 53.1 Å². The van der Waals surface area contributed by atoms with Crippen LogP contribution in [0.25, 0.3) is 11.4 Å². The second-order valence-corrected chi connectivity index (χ2v) is 15.0. The minimum atomic E-state index is -1.44. The SMILES string of the molecule is CC(C)(C)OC(=O)NC1CCCCC/C=C\C2CC2(C(=O)O)NC(=O)C2C[C@@H](n3nnc(-c4ccc(OCC5CC5)c(Cl)c4)n3)CN2C1=O. The largest absolute Gasteiger partial charge is 0.492 e. The standard InChI is InChI=1S/C34H44ClN7O7/c1-33(2,3)49-32(47)36-25-10-8-6-4-5-7-9-22-17-34(22,31(45)46)37-29(43)26-16-23(18-41(26)30(25)44)42-39-28(38-40-42)21-13-14-27(24(35)15-21)48-19-20-11-12-20/h7,9,13-15,20,22-23,25-26H,4-6,8,10-12,16-19H2,1-3H3,(H,36,47)(H,37,43)(H,45,46)/b9-7-/t22?,23-,25?,26?,34?/m1/s1. The van der Waals surface area contributed by atoms with E-state index >= 15 is 0 Å². The number of fused-ring (bicyclic) bond motifs is 2. The van der Waals surface area contributed by atoms with Gasteiger partial charge in [0.2, 0.25) is 17.6 Å². The fourth-order valence-corrected chi connectivity index (χ4v) is 6.67. The average molecular weight is 698 g/mol. The molecule has 2 aromatic rings. The number of ether oxygens (including phenoxy) is 2. The summed E-state index contributed by atoms with van der Waals surface area (Å²) < 4.78 is 11.3. The van der Waals surface area contributed by atoms with E-state index in [0.29, 0.717) is 47.5 Å². The number of carbonyl (C=O) groups is 4. The van der Waals surface area contributed by atoms with Crippen LogP contribution in [0.5, 0.6) is 5.75 Å². The monoisotopic (exact) mass is 697 g/mol. The van der Waals surface area contributed by atoms with Crippen molar-refractivity contribution < 1.29 is 33.8 Å². The Balaban J connectivity index is 1.25. The third kappa shape index (κ3) is 8.17. The van der Waals surface area contributed by atoms with Gasteiger partial charge in [-0.1, -0.05) is 36.6 Å². The van der Waals surface area contributed by atoms with Gasteiger partial charge in [0.05, 0.1) is 17.7 Å². The third-order valence-corrected chi connectivity index (χ3v) is 9.74. The summed E-state index contributed by atoms with van der Waals surface area (Å²) in [5.74, 6) is -1.07. The van der Waals surface area contributed by atoms with Crippen molar-refractivity contribution in [1.29, 1.82) is 0 Å². The van der Waals surface area contributed by atoms with E-state index in [0.717, 1.165) is 32.1 Å². The van der Waals surface area contributed by atoms with Crippen molar-refractivity contribution in [3.8, 4) is 17.1 Å². The van der Waals surface area contributed by atoms with Crippen LogP contribution in [0, 0.1) is 11.8 Å². The van der Waals surface area contributed by atoms with Crippen LogP contribution in [0.1, 0.15) is 84.6 Å². The lowest BCUT2D eigenvalue weighted by Gasteiger charge is -2.30. The molecule has 14 nitrogen and oxygen atoms in total. The molecule has 1 saturated heterocycles.